The largest absolute Gasteiger partial charge is 0.342 e. The Bertz CT molecular complexity index is 992. The molecule has 0 spiro atoms. The van der Waals surface area contributed by atoms with Crippen LogP contribution < -0.4 is 0 Å². The molecular formula is C19H26N4O4S2. The quantitative estimate of drug-likeness (QED) is 0.728. The molecule has 0 radical (unpaired) electrons. The molecule has 0 saturated carbocycles. The number of amides is 1. The molecule has 10 heteroatoms. The van der Waals surface area contributed by atoms with Gasteiger partial charge in [-0.2, -0.15) is 9.29 Å². The molecule has 158 valence electrons. The molecule has 0 N–H and O–H groups in total. The maximum Gasteiger partial charge on any atom is 0.244 e. The first kappa shape index (κ1) is 20.5. The second-order valence-corrected chi connectivity index (χ2v) is 10.9. The topological polar surface area (TPSA) is 96.6 Å². The summed E-state index contributed by atoms with van der Waals surface area (Å²) < 4.78 is 33.2. The van der Waals surface area contributed by atoms with E-state index in [1.54, 1.807) is 19.9 Å². The highest BCUT2D eigenvalue weighted by Crippen LogP contribution is 2.35. The fourth-order valence-electron chi connectivity index (χ4n) is 4.10. The van der Waals surface area contributed by atoms with Crippen LogP contribution in [0, 0.1) is 19.8 Å². The molecule has 0 bridgehead atoms. The fraction of sp³-hybridized carbons (Fsp3) is 0.632. The second kappa shape index (κ2) is 8.16. The van der Waals surface area contributed by atoms with Crippen LogP contribution in [0.3, 0.4) is 0 Å². The Kier molecular flexibility index (Phi) is 5.76. The van der Waals surface area contributed by atoms with E-state index in [0.717, 1.165) is 38.8 Å². The summed E-state index contributed by atoms with van der Waals surface area (Å²) in [7, 11) is -3.68. The monoisotopic (exact) mass is 438 g/mol. The SMILES string of the molecule is Cc1nc(-c2cc(S(=O)(=O)N3CCC[C@@H](C(=O)N4CCCCC4)C3)c(C)s2)no1. The average Bonchev–Trinajstić information content (AvgIpc) is 3.34. The first-order valence-corrected chi connectivity index (χ1v) is 12.3. The number of sulfonamides is 1. The molecule has 29 heavy (non-hydrogen) atoms. The van der Waals surface area contributed by atoms with Crippen molar-refractivity contribution in [2.75, 3.05) is 26.2 Å². The van der Waals surface area contributed by atoms with E-state index in [4.69, 9.17) is 4.52 Å². The minimum atomic E-state index is -3.68. The molecule has 2 fully saturated rings. The van der Waals surface area contributed by atoms with Crippen LogP contribution in [0.15, 0.2) is 15.5 Å². The van der Waals surface area contributed by atoms with Crippen LogP contribution in [-0.2, 0) is 14.8 Å². The van der Waals surface area contributed by atoms with E-state index in [1.807, 2.05) is 4.90 Å². The van der Waals surface area contributed by atoms with Gasteiger partial charge in [0, 0.05) is 38.0 Å². The van der Waals surface area contributed by atoms with E-state index in [2.05, 4.69) is 10.1 Å². The maximum absolute atomic E-state index is 13.3. The Balaban J connectivity index is 1.54. The average molecular weight is 439 g/mol. The molecular weight excluding hydrogens is 412 g/mol. The molecule has 1 atom stereocenters. The van der Waals surface area contributed by atoms with E-state index in [0.29, 0.717) is 34.4 Å². The fourth-order valence-corrected chi connectivity index (χ4v) is 7.11. The van der Waals surface area contributed by atoms with E-state index in [9.17, 15) is 13.2 Å². The molecule has 2 saturated heterocycles. The van der Waals surface area contributed by atoms with Crippen LogP contribution in [0.5, 0.6) is 0 Å². The smallest absolute Gasteiger partial charge is 0.244 e. The Labute approximate surface area is 174 Å². The van der Waals surface area contributed by atoms with E-state index < -0.39 is 10.0 Å². The van der Waals surface area contributed by atoms with E-state index in [1.165, 1.54) is 15.6 Å². The molecule has 0 aromatic carbocycles. The van der Waals surface area contributed by atoms with Crippen LogP contribution in [0.2, 0.25) is 0 Å². The number of piperidine rings is 2. The third-order valence-electron chi connectivity index (χ3n) is 5.64. The lowest BCUT2D eigenvalue weighted by molar-refractivity contribution is -0.137. The van der Waals surface area contributed by atoms with Crippen molar-refractivity contribution in [1.29, 1.82) is 0 Å². The summed E-state index contributed by atoms with van der Waals surface area (Å²) >= 11 is 1.34. The molecule has 2 aromatic rings. The number of nitrogens with zero attached hydrogens (tertiary/aromatic N) is 4. The van der Waals surface area contributed by atoms with E-state index >= 15 is 0 Å². The Morgan fingerprint density at radius 1 is 1.17 bits per heavy atom. The highest BCUT2D eigenvalue weighted by atomic mass is 32.2. The lowest BCUT2D eigenvalue weighted by Gasteiger charge is -2.35. The molecule has 0 aliphatic carbocycles. The van der Waals surface area contributed by atoms with Crippen LogP contribution in [0.4, 0.5) is 0 Å². The zero-order chi connectivity index (χ0) is 20.6. The van der Waals surface area contributed by atoms with Gasteiger partial charge in [0.15, 0.2) is 0 Å². The van der Waals surface area contributed by atoms with Gasteiger partial charge in [-0.05, 0) is 45.1 Å². The van der Waals surface area contributed by atoms with Gasteiger partial charge < -0.3 is 9.42 Å². The maximum atomic E-state index is 13.3. The van der Waals surface area contributed by atoms with Crippen LogP contribution in [0.25, 0.3) is 10.7 Å². The Morgan fingerprint density at radius 2 is 1.93 bits per heavy atom. The predicted molar refractivity (Wildman–Crippen MR) is 109 cm³/mol. The molecule has 2 aliphatic rings. The number of carbonyl (C=O) groups excluding carboxylic acids is 1. The van der Waals surface area contributed by atoms with Crippen LogP contribution >= 0.6 is 11.3 Å². The summed E-state index contributed by atoms with van der Waals surface area (Å²) in [6.07, 6.45) is 4.68. The Morgan fingerprint density at radius 3 is 2.62 bits per heavy atom. The highest BCUT2D eigenvalue weighted by Gasteiger charge is 2.36. The first-order valence-electron chi connectivity index (χ1n) is 10.1. The summed E-state index contributed by atoms with van der Waals surface area (Å²) in [4.78, 5) is 20.6. The number of hydrogen-bond donors (Lipinski definition) is 0. The van der Waals surface area contributed by atoms with Crippen molar-refractivity contribution in [2.24, 2.45) is 5.92 Å². The van der Waals surface area contributed by atoms with Gasteiger partial charge in [0.1, 0.15) is 0 Å². The van der Waals surface area contributed by atoms with E-state index in [-0.39, 0.29) is 23.3 Å². The highest BCUT2D eigenvalue weighted by molar-refractivity contribution is 7.89. The lowest BCUT2D eigenvalue weighted by atomic mass is 9.97. The zero-order valence-corrected chi connectivity index (χ0v) is 18.4. The van der Waals surface area contributed by atoms with Crippen molar-refractivity contribution in [2.45, 2.75) is 50.8 Å². The summed E-state index contributed by atoms with van der Waals surface area (Å²) in [6.45, 7) is 5.76. The van der Waals surface area contributed by atoms with Gasteiger partial charge in [-0.1, -0.05) is 5.16 Å². The number of aromatic nitrogens is 2. The van der Waals surface area contributed by atoms with Crippen molar-refractivity contribution in [3.63, 3.8) is 0 Å². The normalized spacial score (nSPS) is 21.4. The van der Waals surface area contributed by atoms with Crippen LogP contribution in [0.1, 0.15) is 42.9 Å². The molecule has 8 nitrogen and oxygen atoms in total. The third kappa shape index (κ3) is 4.10. The van der Waals surface area contributed by atoms with Crippen molar-refractivity contribution >= 4 is 27.3 Å². The van der Waals surface area contributed by atoms with Crippen molar-refractivity contribution < 1.29 is 17.7 Å². The number of hydrogen-bond acceptors (Lipinski definition) is 7. The van der Waals surface area contributed by atoms with Gasteiger partial charge in [0.05, 0.1) is 15.7 Å². The number of carbonyl (C=O) groups is 1. The van der Waals surface area contributed by atoms with Gasteiger partial charge >= 0.3 is 0 Å². The minimum Gasteiger partial charge on any atom is -0.342 e. The molecule has 0 unspecified atom stereocenters. The van der Waals surface area contributed by atoms with Gasteiger partial charge in [-0.15, -0.1) is 11.3 Å². The standard InChI is InChI=1S/C19H26N4O4S2/c1-13-17(11-16(28-13)18-20-14(2)27-21-18)29(25,26)23-10-6-7-15(12-23)19(24)22-8-4-3-5-9-22/h11,15H,3-10,12H2,1-2H3/t15-/m1/s1. The molecule has 1 amide bonds. The van der Waals surface area contributed by atoms with Gasteiger partial charge in [0.2, 0.25) is 27.6 Å². The lowest BCUT2D eigenvalue weighted by Crippen LogP contribution is -2.47. The second-order valence-electron chi connectivity index (χ2n) is 7.76. The molecule has 4 heterocycles. The zero-order valence-electron chi connectivity index (χ0n) is 16.8. The van der Waals surface area contributed by atoms with Gasteiger partial charge in [-0.25, -0.2) is 8.42 Å². The number of rotatable bonds is 4. The minimum absolute atomic E-state index is 0.106. The van der Waals surface area contributed by atoms with Crippen molar-refractivity contribution in [1.82, 2.24) is 19.3 Å². The Hall–Kier alpha value is -1.78. The van der Waals surface area contributed by atoms with Gasteiger partial charge in [0.25, 0.3) is 0 Å². The van der Waals surface area contributed by atoms with Crippen molar-refractivity contribution in [3.05, 3.63) is 16.8 Å². The van der Waals surface area contributed by atoms with Crippen LogP contribution in [-0.4, -0.2) is 59.8 Å². The molecule has 2 aliphatic heterocycles. The number of likely N-dealkylation sites (tertiary alicyclic amines) is 1. The van der Waals surface area contributed by atoms with Gasteiger partial charge in [-0.3, -0.25) is 4.79 Å². The number of thiophene rings is 1. The van der Waals surface area contributed by atoms with Crippen molar-refractivity contribution in [3.8, 4) is 10.7 Å². The summed E-state index contributed by atoms with van der Waals surface area (Å²) in [5.41, 5.74) is 0. The molecule has 4 rings (SSSR count). The summed E-state index contributed by atoms with van der Waals surface area (Å²) in [5, 5.41) is 3.89. The summed E-state index contributed by atoms with van der Waals surface area (Å²) in [5.74, 6) is 0.684. The predicted octanol–water partition coefficient (Wildman–Crippen LogP) is 2.83. The number of aryl methyl sites for hydroxylation is 2. The summed E-state index contributed by atoms with van der Waals surface area (Å²) in [6, 6.07) is 1.62. The first-order chi connectivity index (χ1) is 13.9. The third-order valence-corrected chi connectivity index (χ3v) is 8.81. The molecule has 2 aromatic heterocycles.